The summed E-state index contributed by atoms with van der Waals surface area (Å²) in [4.78, 5) is 36.7. The number of carboxylic acids is 2. The molecule has 4 heterocycles. The molecular weight excluding hydrogens is 566 g/mol. The van der Waals surface area contributed by atoms with Gasteiger partial charge in [0, 0.05) is 58.0 Å². The van der Waals surface area contributed by atoms with E-state index in [1.54, 1.807) is 6.20 Å². The first-order valence-electron chi connectivity index (χ1n) is 11.7. The van der Waals surface area contributed by atoms with Crippen LogP contribution in [0, 0.1) is 0 Å². The van der Waals surface area contributed by atoms with Crippen LogP contribution in [0.15, 0.2) is 55.1 Å². The van der Waals surface area contributed by atoms with Gasteiger partial charge in [-0.05, 0) is 36.2 Å². The summed E-state index contributed by atoms with van der Waals surface area (Å²) in [6.45, 7) is 3.27. The number of aliphatic carboxylic acids is 2. The SMILES string of the molecule is Cn1cccc1C(=O)NCCC1CN(Cc2cccnc2)Cc2ccnn21.O=C(O)C(F)(F)F.O=C(O)C(F)(F)F. The zero-order valence-electron chi connectivity index (χ0n) is 21.4. The Morgan fingerprint density at radius 1 is 1.00 bits per heavy atom. The number of pyridine rings is 1. The second-order valence-corrected chi connectivity index (χ2v) is 8.61. The van der Waals surface area contributed by atoms with E-state index in [1.165, 1.54) is 11.3 Å². The predicted molar refractivity (Wildman–Crippen MR) is 129 cm³/mol. The van der Waals surface area contributed by atoms with Crippen molar-refractivity contribution in [3.8, 4) is 0 Å². The van der Waals surface area contributed by atoms with Crippen molar-refractivity contribution in [3.63, 3.8) is 0 Å². The maximum absolute atomic E-state index is 12.3. The Balaban J connectivity index is 0.000000349. The van der Waals surface area contributed by atoms with Crippen LogP contribution in [-0.2, 0) is 29.7 Å². The van der Waals surface area contributed by atoms with Crippen LogP contribution < -0.4 is 5.32 Å². The van der Waals surface area contributed by atoms with E-state index in [0.717, 1.165) is 26.1 Å². The Morgan fingerprint density at radius 2 is 1.63 bits per heavy atom. The molecule has 3 aromatic heterocycles. The Morgan fingerprint density at radius 3 is 2.15 bits per heavy atom. The highest BCUT2D eigenvalue weighted by Crippen LogP contribution is 2.24. The molecule has 3 aromatic rings. The minimum atomic E-state index is -5.08. The van der Waals surface area contributed by atoms with Crippen molar-refractivity contribution in [3.05, 3.63) is 72.1 Å². The number of alkyl halides is 6. The summed E-state index contributed by atoms with van der Waals surface area (Å²) >= 11 is 0. The van der Waals surface area contributed by atoms with Crippen molar-refractivity contribution >= 4 is 17.8 Å². The van der Waals surface area contributed by atoms with Crippen molar-refractivity contribution < 1.29 is 50.9 Å². The van der Waals surface area contributed by atoms with Crippen LogP contribution in [0.5, 0.6) is 0 Å². The van der Waals surface area contributed by atoms with Crippen LogP contribution in [0.4, 0.5) is 26.3 Å². The number of hydrogen-bond acceptors (Lipinski definition) is 6. The number of carboxylic acid groups (broad SMARTS) is 2. The summed E-state index contributed by atoms with van der Waals surface area (Å²) in [5, 5.41) is 21.8. The van der Waals surface area contributed by atoms with Crippen LogP contribution in [0.25, 0.3) is 0 Å². The van der Waals surface area contributed by atoms with E-state index in [9.17, 15) is 31.1 Å². The first kappa shape index (κ1) is 32.8. The molecule has 0 radical (unpaired) electrons. The number of hydrogen-bond donors (Lipinski definition) is 3. The lowest BCUT2D eigenvalue weighted by Crippen LogP contribution is -2.39. The van der Waals surface area contributed by atoms with Gasteiger partial charge >= 0.3 is 24.3 Å². The maximum atomic E-state index is 12.3. The molecule has 3 N–H and O–H groups in total. The molecule has 0 saturated carbocycles. The number of aromatic nitrogens is 4. The largest absolute Gasteiger partial charge is 0.490 e. The molecular formula is C24H26F6N6O5. The molecule has 0 saturated heterocycles. The lowest BCUT2D eigenvalue weighted by Gasteiger charge is -2.34. The molecule has 0 aliphatic carbocycles. The van der Waals surface area contributed by atoms with Crippen molar-refractivity contribution in [1.29, 1.82) is 0 Å². The van der Waals surface area contributed by atoms with Crippen LogP contribution >= 0.6 is 0 Å². The quantitative estimate of drug-likeness (QED) is 0.371. The molecule has 17 heteroatoms. The van der Waals surface area contributed by atoms with E-state index in [1.807, 2.05) is 48.4 Å². The normalized spacial score (nSPS) is 15.0. The highest BCUT2D eigenvalue weighted by Gasteiger charge is 2.38. The van der Waals surface area contributed by atoms with Crippen molar-refractivity contribution in [2.75, 3.05) is 13.1 Å². The molecule has 1 amide bonds. The fraction of sp³-hybridized carbons (Fsp3) is 0.375. The van der Waals surface area contributed by atoms with Gasteiger partial charge in [0.2, 0.25) is 0 Å². The van der Waals surface area contributed by atoms with Gasteiger partial charge in [0.25, 0.3) is 5.91 Å². The van der Waals surface area contributed by atoms with E-state index in [0.29, 0.717) is 12.2 Å². The molecule has 0 fully saturated rings. The summed E-state index contributed by atoms with van der Waals surface area (Å²) in [7, 11) is 1.88. The molecule has 1 atom stereocenters. The first-order chi connectivity index (χ1) is 19.1. The number of amides is 1. The molecule has 11 nitrogen and oxygen atoms in total. The maximum Gasteiger partial charge on any atom is 0.490 e. The number of halogens is 6. The average Bonchev–Trinajstić information content (AvgIpc) is 3.53. The number of carbonyl (C=O) groups excluding carboxylic acids is 1. The zero-order chi connectivity index (χ0) is 30.8. The van der Waals surface area contributed by atoms with Gasteiger partial charge in [-0.1, -0.05) is 6.07 Å². The number of carbonyl (C=O) groups is 3. The van der Waals surface area contributed by atoms with Gasteiger partial charge in [-0.15, -0.1) is 0 Å². The van der Waals surface area contributed by atoms with E-state index >= 15 is 0 Å². The smallest absolute Gasteiger partial charge is 0.475 e. The number of aryl methyl sites for hydroxylation is 1. The van der Waals surface area contributed by atoms with Crippen molar-refractivity contribution in [2.45, 2.75) is 37.9 Å². The topological polar surface area (TPSA) is 143 Å². The van der Waals surface area contributed by atoms with E-state index in [2.05, 4.69) is 37.1 Å². The van der Waals surface area contributed by atoms with Gasteiger partial charge in [0.05, 0.1) is 11.7 Å². The molecule has 1 aliphatic rings. The third-order valence-corrected chi connectivity index (χ3v) is 5.51. The second kappa shape index (κ2) is 14.3. The van der Waals surface area contributed by atoms with Gasteiger partial charge in [-0.25, -0.2) is 9.59 Å². The fourth-order valence-electron chi connectivity index (χ4n) is 3.69. The standard InChI is InChI=1S/C20H24N6O.2C2HF3O2/c1-24-11-3-5-19(24)20(27)22-9-6-17-14-25(13-16-4-2-8-21-12-16)15-18-7-10-23-26(17)18;2*3-2(4,5)1(6)7/h2-5,7-8,10-12,17H,6,9,13-15H2,1H3,(H,22,27);2*(H,6,7). The molecule has 1 unspecified atom stereocenters. The number of rotatable bonds is 6. The first-order valence-corrected chi connectivity index (χ1v) is 11.7. The summed E-state index contributed by atoms with van der Waals surface area (Å²) in [5.41, 5.74) is 3.10. The molecule has 0 aromatic carbocycles. The summed E-state index contributed by atoms with van der Waals surface area (Å²) in [6, 6.07) is 10.1. The summed E-state index contributed by atoms with van der Waals surface area (Å²) in [5.74, 6) is -5.55. The van der Waals surface area contributed by atoms with E-state index in [-0.39, 0.29) is 11.9 Å². The van der Waals surface area contributed by atoms with E-state index < -0.39 is 24.3 Å². The third kappa shape index (κ3) is 10.6. The Labute approximate surface area is 229 Å². The van der Waals surface area contributed by atoms with Gasteiger partial charge in [0.15, 0.2) is 0 Å². The number of fused-ring (bicyclic) bond motifs is 1. The predicted octanol–water partition coefficient (Wildman–Crippen LogP) is 3.26. The van der Waals surface area contributed by atoms with E-state index in [4.69, 9.17) is 19.8 Å². The molecule has 224 valence electrons. The highest BCUT2D eigenvalue weighted by molar-refractivity contribution is 5.92. The Kier molecular flexibility index (Phi) is 11.4. The molecule has 1 aliphatic heterocycles. The van der Waals surface area contributed by atoms with Gasteiger partial charge in [-0.3, -0.25) is 19.4 Å². The monoisotopic (exact) mass is 592 g/mol. The zero-order valence-corrected chi connectivity index (χ0v) is 21.4. The Hall–Kier alpha value is -4.41. The minimum absolute atomic E-state index is 0.0359. The second-order valence-electron chi connectivity index (χ2n) is 8.61. The van der Waals surface area contributed by atoms with Crippen LogP contribution in [0.2, 0.25) is 0 Å². The van der Waals surface area contributed by atoms with Gasteiger partial charge in [0.1, 0.15) is 5.69 Å². The van der Waals surface area contributed by atoms with Crippen LogP contribution in [-0.4, -0.2) is 77.7 Å². The fourth-order valence-corrected chi connectivity index (χ4v) is 3.69. The molecule has 0 bridgehead atoms. The van der Waals surface area contributed by atoms with Gasteiger partial charge < -0.3 is 20.1 Å². The van der Waals surface area contributed by atoms with Crippen LogP contribution in [0.1, 0.15) is 34.2 Å². The minimum Gasteiger partial charge on any atom is -0.475 e. The van der Waals surface area contributed by atoms with Crippen molar-refractivity contribution in [2.24, 2.45) is 7.05 Å². The third-order valence-electron chi connectivity index (χ3n) is 5.51. The molecule has 0 spiro atoms. The average molecular weight is 592 g/mol. The Bertz CT molecular complexity index is 1270. The lowest BCUT2D eigenvalue weighted by atomic mass is 10.1. The summed E-state index contributed by atoms with van der Waals surface area (Å²) in [6.07, 6.45) is -1.87. The van der Waals surface area contributed by atoms with Crippen LogP contribution in [0.3, 0.4) is 0 Å². The lowest BCUT2D eigenvalue weighted by molar-refractivity contribution is -0.193. The number of nitrogens with one attached hydrogen (secondary N) is 1. The van der Waals surface area contributed by atoms with Gasteiger partial charge in [-0.2, -0.15) is 31.4 Å². The number of nitrogens with zero attached hydrogens (tertiary/aromatic N) is 5. The van der Waals surface area contributed by atoms with Crippen molar-refractivity contribution in [1.82, 2.24) is 29.5 Å². The molecule has 4 rings (SSSR count). The molecule has 41 heavy (non-hydrogen) atoms. The highest BCUT2D eigenvalue weighted by atomic mass is 19.4. The summed E-state index contributed by atoms with van der Waals surface area (Å²) < 4.78 is 67.4.